The van der Waals surface area contributed by atoms with E-state index in [-0.39, 0.29) is 5.82 Å². The van der Waals surface area contributed by atoms with Crippen molar-refractivity contribution in [3.63, 3.8) is 0 Å². The van der Waals surface area contributed by atoms with Crippen LogP contribution in [-0.4, -0.2) is 30.6 Å². The van der Waals surface area contributed by atoms with Gasteiger partial charge < -0.3 is 10.1 Å². The molecular weight excluding hydrogens is 219 g/mol. The summed E-state index contributed by atoms with van der Waals surface area (Å²) in [6.07, 6.45) is 2.82. The van der Waals surface area contributed by atoms with Crippen LogP contribution in [0.2, 0.25) is 0 Å². The molecule has 1 heterocycles. The third-order valence-corrected chi connectivity index (χ3v) is 1.89. The van der Waals surface area contributed by atoms with E-state index in [4.69, 9.17) is 16.3 Å². The Kier molecular flexibility index (Phi) is 6.23. The minimum atomic E-state index is -0.312. The highest BCUT2D eigenvalue weighted by molar-refractivity contribution is 6.17. The number of aromatic nitrogens is 1. The summed E-state index contributed by atoms with van der Waals surface area (Å²) >= 11 is 5.43. The number of nitrogens with zero attached hydrogens (tertiary/aromatic N) is 1. The van der Waals surface area contributed by atoms with Crippen molar-refractivity contribution >= 4 is 11.6 Å². The molecule has 1 aromatic heterocycles. The molecule has 1 rings (SSSR count). The van der Waals surface area contributed by atoms with Crippen LogP contribution in [-0.2, 0) is 11.3 Å². The first-order valence-electron chi connectivity index (χ1n) is 4.77. The van der Waals surface area contributed by atoms with E-state index < -0.39 is 0 Å². The van der Waals surface area contributed by atoms with Crippen molar-refractivity contribution in [3.05, 3.63) is 29.8 Å². The number of ether oxygens (including phenoxy) is 1. The zero-order chi connectivity index (χ0) is 10.9. The smallest absolute Gasteiger partial charge is 0.141 e. The predicted molar refractivity (Wildman–Crippen MR) is 57.4 cm³/mol. The van der Waals surface area contributed by atoms with E-state index in [1.165, 1.54) is 12.3 Å². The summed E-state index contributed by atoms with van der Waals surface area (Å²) in [6.45, 7) is 2.47. The fraction of sp³-hybridized carbons (Fsp3) is 0.500. The summed E-state index contributed by atoms with van der Waals surface area (Å²) in [7, 11) is 0. The number of nitrogens with one attached hydrogen (secondary N) is 1. The summed E-state index contributed by atoms with van der Waals surface area (Å²) in [4.78, 5) is 3.75. The monoisotopic (exact) mass is 232 g/mol. The molecule has 0 saturated carbocycles. The van der Waals surface area contributed by atoms with Crippen LogP contribution in [0.3, 0.4) is 0 Å². The first-order valence-corrected chi connectivity index (χ1v) is 5.30. The summed E-state index contributed by atoms with van der Waals surface area (Å²) in [6, 6.07) is 1.46. The molecule has 1 aromatic rings. The Balaban J connectivity index is 2.10. The molecule has 1 N–H and O–H groups in total. The summed E-state index contributed by atoms with van der Waals surface area (Å²) in [5.74, 6) is 0.195. The maximum atomic E-state index is 12.7. The van der Waals surface area contributed by atoms with Gasteiger partial charge in [0.2, 0.25) is 0 Å². The van der Waals surface area contributed by atoms with Crippen LogP contribution >= 0.6 is 11.6 Å². The van der Waals surface area contributed by atoms with Gasteiger partial charge in [-0.25, -0.2) is 4.39 Å². The molecule has 0 saturated heterocycles. The van der Waals surface area contributed by atoms with Gasteiger partial charge in [-0.1, -0.05) is 0 Å². The fourth-order valence-corrected chi connectivity index (χ4v) is 1.20. The van der Waals surface area contributed by atoms with Crippen molar-refractivity contribution in [2.24, 2.45) is 0 Å². The quantitative estimate of drug-likeness (QED) is 0.572. The molecule has 0 atom stereocenters. The van der Waals surface area contributed by atoms with E-state index in [9.17, 15) is 4.39 Å². The highest BCUT2D eigenvalue weighted by atomic mass is 35.5. The van der Waals surface area contributed by atoms with E-state index >= 15 is 0 Å². The van der Waals surface area contributed by atoms with Gasteiger partial charge in [0.25, 0.3) is 0 Å². The zero-order valence-electron chi connectivity index (χ0n) is 8.38. The molecule has 0 aliphatic heterocycles. The molecule has 0 aliphatic carbocycles. The number of pyridine rings is 1. The Morgan fingerprint density at radius 2 is 2.27 bits per heavy atom. The largest absolute Gasteiger partial charge is 0.379 e. The van der Waals surface area contributed by atoms with Crippen molar-refractivity contribution in [1.29, 1.82) is 0 Å². The summed E-state index contributed by atoms with van der Waals surface area (Å²) in [5.41, 5.74) is 0.826. The molecule has 84 valence electrons. The molecule has 3 nitrogen and oxygen atoms in total. The normalized spacial score (nSPS) is 10.5. The summed E-state index contributed by atoms with van der Waals surface area (Å²) in [5, 5.41) is 3.11. The van der Waals surface area contributed by atoms with Crippen molar-refractivity contribution in [1.82, 2.24) is 10.3 Å². The average molecular weight is 233 g/mol. The Labute approximate surface area is 93.6 Å². The van der Waals surface area contributed by atoms with Crippen molar-refractivity contribution < 1.29 is 9.13 Å². The van der Waals surface area contributed by atoms with Gasteiger partial charge in [0, 0.05) is 25.2 Å². The molecule has 0 radical (unpaired) electrons. The Bertz CT molecular complexity index is 286. The molecule has 0 unspecified atom stereocenters. The lowest BCUT2D eigenvalue weighted by Crippen LogP contribution is -2.19. The van der Waals surface area contributed by atoms with Gasteiger partial charge in [0.15, 0.2) is 0 Å². The SMILES string of the molecule is Fc1cncc(CNCCOCCCl)c1. The first kappa shape index (κ1) is 12.4. The number of halogens is 2. The van der Waals surface area contributed by atoms with Gasteiger partial charge in [-0.05, 0) is 11.6 Å². The maximum Gasteiger partial charge on any atom is 0.141 e. The molecule has 0 aromatic carbocycles. The highest BCUT2D eigenvalue weighted by Crippen LogP contribution is 1.99. The zero-order valence-corrected chi connectivity index (χ0v) is 9.13. The van der Waals surface area contributed by atoms with Crippen LogP contribution in [0, 0.1) is 5.82 Å². The second kappa shape index (κ2) is 7.56. The van der Waals surface area contributed by atoms with Crippen LogP contribution in [0.1, 0.15) is 5.56 Å². The summed E-state index contributed by atoms with van der Waals surface area (Å²) < 4.78 is 17.9. The topological polar surface area (TPSA) is 34.2 Å². The number of rotatable bonds is 7. The third kappa shape index (κ3) is 5.67. The highest BCUT2D eigenvalue weighted by Gasteiger charge is 1.95. The lowest BCUT2D eigenvalue weighted by atomic mass is 10.3. The molecule has 0 fully saturated rings. The van der Waals surface area contributed by atoms with Crippen molar-refractivity contribution in [2.45, 2.75) is 6.54 Å². The van der Waals surface area contributed by atoms with Crippen LogP contribution in [0.15, 0.2) is 18.5 Å². The number of hydrogen-bond donors (Lipinski definition) is 1. The second-order valence-corrected chi connectivity index (χ2v) is 3.37. The first-order chi connectivity index (χ1) is 7.33. The van der Waals surface area contributed by atoms with Crippen LogP contribution in [0.25, 0.3) is 0 Å². The molecule has 0 aliphatic rings. The molecular formula is C10H14ClFN2O. The predicted octanol–water partition coefficient (Wildman–Crippen LogP) is 1.57. The molecule has 0 amide bonds. The van der Waals surface area contributed by atoms with E-state index in [1.54, 1.807) is 6.20 Å². The van der Waals surface area contributed by atoms with Gasteiger partial charge in [-0.15, -0.1) is 11.6 Å². The number of alkyl halides is 1. The van der Waals surface area contributed by atoms with Crippen LogP contribution in [0.4, 0.5) is 4.39 Å². The molecule has 15 heavy (non-hydrogen) atoms. The van der Waals surface area contributed by atoms with Gasteiger partial charge in [-0.3, -0.25) is 4.98 Å². The Morgan fingerprint density at radius 3 is 3.00 bits per heavy atom. The van der Waals surface area contributed by atoms with E-state index in [1.807, 2.05) is 0 Å². The van der Waals surface area contributed by atoms with E-state index in [0.29, 0.717) is 32.2 Å². The van der Waals surface area contributed by atoms with Crippen LogP contribution < -0.4 is 5.32 Å². The minimum Gasteiger partial charge on any atom is -0.379 e. The Hall–Kier alpha value is -0.710. The standard InChI is InChI=1S/C10H14ClFN2O/c11-1-3-15-4-2-13-6-9-5-10(12)8-14-7-9/h5,7-8,13H,1-4,6H2. The molecule has 5 heteroatoms. The van der Waals surface area contributed by atoms with Gasteiger partial charge >= 0.3 is 0 Å². The molecule has 0 spiro atoms. The lowest BCUT2D eigenvalue weighted by molar-refractivity contribution is 0.151. The van der Waals surface area contributed by atoms with Gasteiger partial charge in [0.1, 0.15) is 5.82 Å². The van der Waals surface area contributed by atoms with Crippen LogP contribution in [0.5, 0.6) is 0 Å². The number of hydrogen-bond acceptors (Lipinski definition) is 3. The average Bonchev–Trinajstić information content (AvgIpc) is 2.23. The second-order valence-electron chi connectivity index (χ2n) is 2.99. The third-order valence-electron chi connectivity index (χ3n) is 1.74. The van der Waals surface area contributed by atoms with Crippen molar-refractivity contribution in [3.8, 4) is 0 Å². The van der Waals surface area contributed by atoms with Gasteiger partial charge in [0.05, 0.1) is 19.4 Å². The van der Waals surface area contributed by atoms with Gasteiger partial charge in [-0.2, -0.15) is 0 Å². The Morgan fingerprint density at radius 1 is 1.40 bits per heavy atom. The van der Waals surface area contributed by atoms with E-state index in [0.717, 1.165) is 5.56 Å². The maximum absolute atomic E-state index is 12.7. The lowest BCUT2D eigenvalue weighted by Gasteiger charge is -2.04. The molecule has 0 bridgehead atoms. The minimum absolute atomic E-state index is 0.312. The van der Waals surface area contributed by atoms with E-state index in [2.05, 4.69) is 10.3 Å². The fourth-order valence-electron chi connectivity index (χ4n) is 1.09. The van der Waals surface area contributed by atoms with Crippen molar-refractivity contribution in [2.75, 3.05) is 25.6 Å².